The summed E-state index contributed by atoms with van der Waals surface area (Å²) in [4.78, 5) is 12.4. The summed E-state index contributed by atoms with van der Waals surface area (Å²) < 4.78 is 0. The second-order valence-electron chi connectivity index (χ2n) is 4.85. The first-order valence-corrected chi connectivity index (χ1v) is 6.09. The minimum atomic E-state index is -0.0451. The Bertz CT molecular complexity index is 460. The maximum Gasteiger partial charge on any atom is 0.180 e. The van der Waals surface area contributed by atoms with Crippen LogP contribution in [0.2, 0.25) is 0 Å². The molecule has 3 heteroatoms. The van der Waals surface area contributed by atoms with Crippen LogP contribution in [0.25, 0.3) is 0 Å². The lowest BCUT2D eigenvalue weighted by atomic mass is 9.91. The van der Waals surface area contributed by atoms with E-state index in [2.05, 4.69) is 5.32 Å². The average molecular weight is 233 g/mol. The Kier molecular flexibility index (Phi) is 3.20. The fourth-order valence-electron chi connectivity index (χ4n) is 2.52. The summed E-state index contributed by atoms with van der Waals surface area (Å²) in [6.45, 7) is 6.56. The molecule has 1 fully saturated rings. The molecule has 1 aliphatic heterocycles. The second-order valence-corrected chi connectivity index (χ2v) is 4.85. The molecule has 1 heterocycles. The van der Waals surface area contributed by atoms with Gasteiger partial charge in [-0.2, -0.15) is 0 Å². The minimum absolute atomic E-state index is 0.0451. The third kappa shape index (κ3) is 2.07. The zero-order valence-corrected chi connectivity index (χ0v) is 10.6. The van der Waals surface area contributed by atoms with Crippen molar-refractivity contribution in [3.8, 4) is 5.75 Å². The van der Waals surface area contributed by atoms with Crippen LogP contribution in [0.5, 0.6) is 5.75 Å². The number of hydrogen-bond donors (Lipinski definition) is 2. The summed E-state index contributed by atoms with van der Waals surface area (Å²) >= 11 is 0. The molecule has 0 aliphatic carbocycles. The first kappa shape index (κ1) is 12.1. The second kappa shape index (κ2) is 4.49. The number of ketones is 1. The maximum atomic E-state index is 12.4. The van der Waals surface area contributed by atoms with E-state index in [1.54, 1.807) is 6.07 Å². The van der Waals surface area contributed by atoms with Gasteiger partial charge < -0.3 is 10.4 Å². The van der Waals surface area contributed by atoms with Crippen LogP contribution in [-0.2, 0) is 0 Å². The highest BCUT2D eigenvalue weighted by Crippen LogP contribution is 2.28. The highest BCUT2D eigenvalue weighted by Gasteiger charge is 2.26. The Morgan fingerprint density at radius 1 is 1.35 bits per heavy atom. The number of Topliss-reactive ketones (excluding diaryl/α,β-unsaturated/α-hetero) is 1. The molecule has 0 amide bonds. The fraction of sp³-hybridized carbons (Fsp3) is 0.500. The summed E-state index contributed by atoms with van der Waals surface area (Å²) in [5.41, 5.74) is 3.35. The maximum absolute atomic E-state index is 12.4. The van der Waals surface area contributed by atoms with Crippen molar-refractivity contribution in [1.29, 1.82) is 0 Å². The number of rotatable bonds is 2. The molecule has 3 nitrogen and oxygen atoms in total. The summed E-state index contributed by atoms with van der Waals surface area (Å²) in [6.07, 6.45) is 1.98. The van der Waals surface area contributed by atoms with E-state index in [1.165, 1.54) is 0 Å². The van der Waals surface area contributed by atoms with Gasteiger partial charge in [0.15, 0.2) is 5.78 Å². The van der Waals surface area contributed by atoms with E-state index >= 15 is 0 Å². The molecule has 2 N–H and O–H groups in total. The first-order valence-electron chi connectivity index (χ1n) is 6.09. The lowest BCUT2D eigenvalue weighted by Crippen LogP contribution is -2.31. The third-order valence-corrected chi connectivity index (χ3v) is 3.69. The summed E-state index contributed by atoms with van der Waals surface area (Å²) in [5, 5.41) is 13.0. The van der Waals surface area contributed by atoms with Crippen LogP contribution in [0, 0.1) is 20.8 Å². The number of carbonyl (C=O) groups excluding carboxylic acids is 1. The molecule has 92 valence electrons. The van der Waals surface area contributed by atoms with E-state index in [0.717, 1.165) is 41.6 Å². The quantitative estimate of drug-likeness (QED) is 0.770. The predicted octanol–water partition coefficient (Wildman–Crippen LogP) is 2.25. The molecule has 1 aromatic carbocycles. The number of aromatic hydroxyl groups is 1. The molecule has 0 radical (unpaired) electrons. The lowest BCUT2D eigenvalue weighted by molar-refractivity contribution is 0.0951. The Morgan fingerprint density at radius 3 is 2.65 bits per heavy atom. The standard InChI is InChI=1S/C14H19NO2/c1-8-7-12(16)9(2)10(3)13(8)14(17)11-5-4-6-15-11/h7,11,15-16H,4-6H2,1-3H3. The van der Waals surface area contributed by atoms with Crippen molar-refractivity contribution in [2.75, 3.05) is 6.54 Å². The summed E-state index contributed by atoms with van der Waals surface area (Å²) in [6, 6.07) is 1.64. The molecule has 1 atom stereocenters. The zero-order valence-electron chi connectivity index (χ0n) is 10.6. The molecule has 1 unspecified atom stereocenters. The van der Waals surface area contributed by atoms with Crippen LogP contribution in [0.3, 0.4) is 0 Å². The van der Waals surface area contributed by atoms with Crippen LogP contribution in [0.1, 0.15) is 39.9 Å². The number of hydrogen-bond acceptors (Lipinski definition) is 3. The van der Waals surface area contributed by atoms with Crippen LogP contribution >= 0.6 is 0 Å². The van der Waals surface area contributed by atoms with Gasteiger partial charge in [-0.3, -0.25) is 4.79 Å². The smallest absolute Gasteiger partial charge is 0.180 e. The van der Waals surface area contributed by atoms with Gasteiger partial charge in [-0.15, -0.1) is 0 Å². The van der Waals surface area contributed by atoms with E-state index in [1.807, 2.05) is 20.8 Å². The van der Waals surface area contributed by atoms with Gasteiger partial charge >= 0.3 is 0 Å². The molecular formula is C14H19NO2. The van der Waals surface area contributed by atoms with Gasteiger partial charge in [0.25, 0.3) is 0 Å². The van der Waals surface area contributed by atoms with Crippen molar-refractivity contribution < 1.29 is 9.90 Å². The van der Waals surface area contributed by atoms with Gasteiger partial charge in [0.1, 0.15) is 5.75 Å². The van der Waals surface area contributed by atoms with Crippen molar-refractivity contribution in [2.45, 2.75) is 39.7 Å². The van der Waals surface area contributed by atoms with Crippen LogP contribution in [0.4, 0.5) is 0 Å². The number of nitrogens with one attached hydrogen (secondary N) is 1. The normalized spacial score (nSPS) is 19.6. The van der Waals surface area contributed by atoms with E-state index in [4.69, 9.17) is 0 Å². The molecule has 0 spiro atoms. The minimum Gasteiger partial charge on any atom is -0.508 e. The Balaban J connectivity index is 2.44. The fourth-order valence-corrected chi connectivity index (χ4v) is 2.52. The highest BCUT2D eigenvalue weighted by atomic mass is 16.3. The molecular weight excluding hydrogens is 214 g/mol. The van der Waals surface area contributed by atoms with Gasteiger partial charge in [0.2, 0.25) is 0 Å². The zero-order chi connectivity index (χ0) is 12.6. The average Bonchev–Trinajstić information content (AvgIpc) is 2.79. The van der Waals surface area contributed by atoms with Crippen molar-refractivity contribution in [3.63, 3.8) is 0 Å². The van der Waals surface area contributed by atoms with Gasteiger partial charge in [0.05, 0.1) is 6.04 Å². The van der Waals surface area contributed by atoms with Crippen molar-refractivity contribution in [2.24, 2.45) is 0 Å². The number of benzene rings is 1. The predicted molar refractivity (Wildman–Crippen MR) is 67.7 cm³/mol. The monoisotopic (exact) mass is 233 g/mol. The molecule has 2 rings (SSSR count). The van der Waals surface area contributed by atoms with Crippen molar-refractivity contribution >= 4 is 5.78 Å². The molecule has 1 aliphatic rings. The van der Waals surface area contributed by atoms with Crippen LogP contribution in [0.15, 0.2) is 6.07 Å². The number of phenols is 1. The molecule has 0 bridgehead atoms. The summed E-state index contributed by atoms with van der Waals surface area (Å²) in [7, 11) is 0. The first-order chi connectivity index (χ1) is 8.02. The Labute approximate surface area is 102 Å². The van der Waals surface area contributed by atoms with Gasteiger partial charge in [-0.25, -0.2) is 0 Å². The van der Waals surface area contributed by atoms with Gasteiger partial charge in [-0.1, -0.05) is 0 Å². The number of carbonyl (C=O) groups is 1. The van der Waals surface area contributed by atoms with Crippen molar-refractivity contribution in [1.82, 2.24) is 5.32 Å². The molecule has 0 saturated carbocycles. The SMILES string of the molecule is Cc1cc(O)c(C)c(C)c1C(=O)C1CCCN1. The van der Waals surface area contributed by atoms with E-state index < -0.39 is 0 Å². The van der Waals surface area contributed by atoms with Gasteiger partial charge in [0, 0.05) is 5.56 Å². The molecule has 17 heavy (non-hydrogen) atoms. The summed E-state index contributed by atoms with van der Waals surface area (Å²) in [5.74, 6) is 0.441. The third-order valence-electron chi connectivity index (χ3n) is 3.69. The number of aryl methyl sites for hydroxylation is 1. The lowest BCUT2D eigenvalue weighted by Gasteiger charge is -2.16. The Morgan fingerprint density at radius 2 is 2.06 bits per heavy atom. The van der Waals surface area contributed by atoms with E-state index in [0.29, 0.717) is 0 Å². The van der Waals surface area contributed by atoms with E-state index in [-0.39, 0.29) is 17.6 Å². The largest absolute Gasteiger partial charge is 0.508 e. The molecule has 0 aromatic heterocycles. The van der Waals surface area contributed by atoms with Crippen molar-refractivity contribution in [3.05, 3.63) is 28.3 Å². The Hall–Kier alpha value is -1.35. The topological polar surface area (TPSA) is 49.3 Å². The van der Waals surface area contributed by atoms with Gasteiger partial charge in [-0.05, 0) is 62.9 Å². The number of phenolic OH excluding ortho intramolecular Hbond substituents is 1. The highest BCUT2D eigenvalue weighted by molar-refractivity contribution is 6.03. The molecule has 1 aromatic rings. The molecule has 1 saturated heterocycles. The van der Waals surface area contributed by atoms with Crippen LogP contribution in [-0.4, -0.2) is 23.5 Å². The van der Waals surface area contributed by atoms with Crippen LogP contribution < -0.4 is 5.32 Å². The van der Waals surface area contributed by atoms with E-state index in [9.17, 15) is 9.90 Å².